The minimum Gasteiger partial charge on any atom is -0.383 e. The third-order valence-corrected chi connectivity index (χ3v) is 2.24. The molecular weight excluding hydrogens is 222 g/mol. The number of amides is 1. The summed E-state index contributed by atoms with van der Waals surface area (Å²) < 4.78 is 4.85. The first-order valence-electron chi connectivity index (χ1n) is 5.09. The second kappa shape index (κ2) is 4.79. The fraction of sp³-hybridized carbons (Fsp3) is 0.300. The summed E-state index contributed by atoms with van der Waals surface area (Å²) in [6, 6.07) is 0. The normalized spacial score (nSPS) is 10.6. The van der Waals surface area contributed by atoms with Crippen LogP contribution in [0.2, 0.25) is 0 Å². The summed E-state index contributed by atoms with van der Waals surface area (Å²) in [5.41, 5.74) is 6.97. The Bertz CT molecular complexity index is 536. The van der Waals surface area contributed by atoms with Crippen LogP contribution in [0.5, 0.6) is 0 Å². The van der Waals surface area contributed by atoms with Crippen molar-refractivity contribution in [2.75, 3.05) is 26.0 Å². The maximum absolute atomic E-state index is 11.8. The maximum atomic E-state index is 11.8. The van der Waals surface area contributed by atoms with Crippen LogP contribution in [0.4, 0.5) is 5.82 Å². The molecule has 2 rings (SSSR count). The zero-order valence-corrected chi connectivity index (χ0v) is 9.36. The van der Waals surface area contributed by atoms with E-state index >= 15 is 0 Å². The molecule has 7 nitrogen and oxygen atoms in total. The molecule has 0 aliphatic heterocycles. The quantitative estimate of drug-likeness (QED) is 0.642. The van der Waals surface area contributed by atoms with Gasteiger partial charge in [-0.15, -0.1) is 0 Å². The minimum absolute atomic E-state index is 0.229. The maximum Gasteiger partial charge on any atom is 0.255 e. The highest BCUT2D eigenvalue weighted by Gasteiger charge is 2.13. The first-order chi connectivity index (χ1) is 8.22. The number of nitrogens with one attached hydrogen (secondary N) is 2. The summed E-state index contributed by atoms with van der Waals surface area (Å²) in [6.07, 6.45) is 3.00. The Labute approximate surface area is 97.4 Å². The van der Waals surface area contributed by atoms with E-state index in [1.54, 1.807) is 13.3 Å². The average Bonchev–Trinajstić information content (AvgIpc) is 2.72. The first-order valence-corrected chi connectivity index (χ1v) is 5.09. The number of methoxy groups -OCH3 is 1. The topological polar surface area (TPSA) is 106 Å². The summed E-state index contributed by atoms with van der Waals surface area (Å²) in [7, 11) is 1.57. The SMILES string of the molecule is COCCNC(=O)c1c[nH]c2ncc(N)nc12. The van der Waals surface area contributed by atoms with E-state index in [1.165, 1.54) is 6.20 Å². The van der Waals surface area contributed by atoms with Crippen LogP contribution in [0.15, 0.2) is 12.4 Å². The number of H-pyrrole nitrogens is 1. The van der Waals surface area contributed by atoms with Crippen molar-refractivity contribution in [1.82, 2.24) is 20.3 Å². The van der Waals surface area contributed by atoms with Crippen molar-refractivity contribution in [3.05, 3.63) is 18.0 Å². The highest BCUT2D eigenvalue weighted by Crippen LogP contribution is 2.14. The van der Waals surface area contributed by atoms with Gasteiger partial charge in [0.25, 0.3) is 5.91 Å². The molecule has 90 valence electrons. The summed E-state index contributed by atoms with van der Waals surface area (Å²) in [5.74, 6) is 0.0521. The zero-order chi connectivity index (χ0) is 12.3. The minimum atomic E-state index is -0.229. The van der Waals surface area contributed by atoms with Crippen LogP contribution in [-0.4, -0.2) is 41.1 Å². The zero-order valence-electron chi connectivity index (χ0n) is 9.36. The fourth-order valence-corrected chi connectivity index (χ4v) is 1.44. The molecule has 4 N–H and O–H groups in total. The molecule has 0 aliphatic rings. The number of nitrogens with zero attached hydrogens (tertiary/aromatic N) is 2. The average molecular weight is 235 g/mol. The number of anilines is 1. The van der Waals surface area contributed by atoms with Gasteiger partial charge in [0, 0.05) is 19.9 Å². The lowest BCUT2D eigenvalue weighted by Crippen LogP contribution is -2.26. The number of aromatic amines is 1. The number of hydrogen-bond acceptors (Lipinski definition) is 5. The molecule has 0 fully saturated rings. The van der Waals surface area contributed by atoms with E-state index in [4.69, 9.17) is 10.5 Å². The lowest BCUT2D eigenvalue weighted by Gasteiger charge is -2.02. The van der Waals surface area contributed by atoms with Gasteiger partial charge in [0.2, 0.25) is 0 Å². The van der Waals surface area contributed by atoms with Crippen molar-refractivity contribution in [2.24, 2.45) is 0 Å². The fourth-order valence-electron chi connectivity index (χ4n) is 1.44. The Balaban J connectivity index is 2.23. The molecule has 0 aliphatic carbocycles. The highest BCUT2D eigenvalue weighted by molar-refractivity contribution is 6.04. The Hall–Kier alpha value is -2.15. The molecule has 2 heterocycles. The van der Waals surface area contributed by atoms with E-state index in [1.807, 2.05) is 0 Å². The van der Waals surface area contributed by atoms with Crippen molar-refractivity contribution in [3.8, 4) is 0 Å². The largest absolute Gasteiger partial charge is 0.383 e. The van der Waals surface area contributed by atoms with Crippen LogP contribution in [0.25, 0.3) is 11.2 Å². The predicted molar refractivity (Wildman–Crippen MR) is 62.5 cm³/mol. The van der Waals surface area contributed by atoms with E-state index in [9.17, 15) is 4.79 Å². The van der Waals surface area contributed by atoms with Gasteiger partial charge < -0.3 is 20.8 Å². The van der Waals surface area contributed by atoms with Gasteiger partial charge in [-0.3, -0.25) is 4.79 Å². The third kappa shape index (κ3) is 2.34. The Kier molecular flexibility index (Phi) is 3.20. The van der Waals surface area contributed by atoms with Crippen LogP contribution in [-0.2, 0) is 4.74 Å². The molecule has 0 aromatic carbocycles. The summed E-state index contributed by atoms with van der Waals surface area (Å²) in [5, 5.41) is 2.71. The van der Waals surface area contributed by atoms with Gasteiger partial charge in [0.05, 0.1) is 18.4 Å². The molecule has 0 spiro atoms. The number of aromatic nitrogens is 3. The Morgan fingerprint density at radius 3 is 3.24 bits per heavy atom. The molecule has 2 aromatic heterocycles. The molecule has 1 amide bonds. The smallest absolute Gasteiger partial charge is 0.255 e. The van der Waals surface area contributed by atoms with Crippen molar-refractivity contribution in [3.63, 3.8) is 0 Å². The van der Waals surface area contributed by atoms with Gasteiger partial charge >= 0.3 is 0 Å². The number of nitrogens with two attached hydrogens (primary N) is 1. The van der Waals surface area contributed by atoms with E-state index in [0.717, 1.165) is 0 Å². The van der Waals surface area contributed by atoms with E-state index in [-0.39, 0.29) is 11.7 Å². The standard InChI is InChI=1S/C10H13N5O2/c1-17-3-2-12-10(16)6-4-13-9-8(6)15-7(11)5-14-9/h4-5H,2-3H2,1H3,(H2,11,15)(H,12,16)(H,13,14). The van der Waals surface area contributed by atoms with Gasteiger partial charge in [-0.2, -0.15) is 0 Å². The number of nitrogen functional groups attached to an aromatic ring is 1. The predicted octanol–water partition coefficient (Wildman–Crippen LogP) is -0.0837. The number of hydrogen-bond donors (Lipinski definition) is 3. The van der Waals surface area contributed by atoms with Crippen LogP contribution < -0.4 is 11.1 Å². The molecule has 0 saturated carbocycles. The molecule has 2 aromatic rings. The monoisotopic (exact) mass is 235 g/mol. The molecule has 17 heavy (non-hydrogen) atoms. The van der Waals surface area contributed by atoms with Gasteiger partial charge in [-0.05, 0) is 0 Å². The van der Waals surface area contributed by atoms with Crippen molar-refractivity contribution < 1.29 is 9.53 Å². The van der Waals surface area contributed by atoms with E-state index < -0.39 is 0 Å². The molecule has 0 radical (unpaired) electrons. The number of rotatable bonds is 4. The number of ether oxygens (including phenoxy) is 1. The molecule has 0 atom stereocenters. The summed E-state index contributed by atoms with van der Waals surface area (Å²) >= 11 is 0. The lowest BCUT2D eigenvalue weighted by molar-refractivity contribution is 0.0938. The molecular formula is C10H13N5O2. The highest BCUT2D eigenvalue weighted by atomic mass is 16.5. The second-order valence-corrected chi connectivity index (χ2v) is 3.44. The number of fused-ring (bicyclic) bond motifs is 1. The molecule has 0 bridgehead atoms. The summed E-state index contributed by atoms with van der Waals surface area (Å²) in [4.78, 5) is 22.8. The molecule has 0 saturated heterocycles. The van der Waals surface area contributed by atoms with E-state index in [0.29, 0.717) is 29.9 Å². The van der Waals surface area contributed by atoms with Crippen LogP contribution in [0, 0.1) is 0 Å². The third-order valence-electron chi connectivity index (χ3n) is 2.24. The molecule has 7 heteroatoms. The first kappa shape index (κ1) is 11.3. The van der Waals surface area contributed by atoms with Gasteiger partial charge in [0.1, 0.15) is 11.3 Å². The van der Waals surface area contributed by atoms with Gasteiger partial charge in [0.15, 0.2) is 5.65 Å². The van der Waals surface area contributed by atoms with Crippen LogP contribution in [0.1, 0.15) is 10.4 Å². The van der Waals surface area contributed by atoms with Crippen LogP contribution in [0.3, 0.4) is 0 Å². The Morgan fingerprint density at radius 1 is 1.65 bits per heavy atom. The lowest BCUT2D eigenvalue weighted by atomic mass is 10.3. The van der Waals surface area contributed by atoms with E-state index in [2.05, 4.69) is 20.3 Å². The summed E-state index contributed by atoms with van der Waals surface area (Å²) in [6.45, 7) is 0.902. The number of carbonyl (C=O) groups excluding carboxylic acids is 1. The van der Waals surface area contributed by atoms with Gasteiger partial charge in [-0.1, -0.05) is 0 Å². The van der Waals surface area contributed by atoms with Crippen molar-refractivity contribution >= 4 is 22.9 Å². The Morgan fingerprint density at radius 2 is 2.47 bits per heavy atom. The van der Waals surface area contributed by atoms with Crippen molar-refractivity contribution in [1.29, 1.82) is 0 Å². The number of carbonyl (C=O) groups is 1. The van der Waals surface area contributed by atoms with Crippen molar-refractivity contribution in [2.45, 2.75) is 0 Å². The van der Waals surface area contributed by atoms with Gasteiger partial charge in [-0.25, -0.2) is 9.97 Å². The van der Waals surface area contributed by atoms with Crippen LogP contribution >= 0.6 is 0 Å². The second-order valence-electron chi connectivity index (χ2n) is 3.44. The molecule has 0 unspecified atom stereocenters.